The maximum atomic E-state index is 6.88. The second-order valence-corrected chi connectivity index (χ2v) is 16.3. The number of benzene rings is 10. The van der Waals surface area contributed by atoms with Crippen LogP contribution in [0, 0.1) is 0 Å². The van der Waals surface area contributed by atoms with E-state index in [1.165, 1.54) is 64.0 Å². The van der Waals surface area contributed by atoms with Gasteiger partial charge in [-0.05, 0) is 92.5 Å². The van der Waals surface area contributed by atoms with Crippen molar-refractivity contribution in [3.8, 4) is 33.4 Å². The number of fused-ring (bicyclic) bond motifs is 9. The van der Waals surface area contributed by atoms with Crippen molar-refractivity contribution >= 4 is 92.1 Å². The molecule has 59 heavy (non-hydrogen) atoms. The van der Waals surface area contributed by atoms with Crippen molar-refractivity contribution in [1.82, 2.24) is 0 Å². The molecule has 0 aliphatic heterocycles. The lowest BCUT2D eigenvalue weighted by molar-refractivity contribution is 0.670. The van der Waals surface area contributed by atoms with Crippen LogP contribution in [0.25, 0.3) is 97.0 Å². The Balaban J connectivity index is 1.08. The fourth-order valence-electron chi connectivity index (χ4n) is 9.13. The fraction of sp³-hybridized carbons (Fsp3) is 0. The second-order valence-electron chi connectivity index (χ2n) is 15.2. The molecule has 276 valence electrons. The topological polar surface area (TPSA) is 16.4 Å². The van der Waals surface area contributed by atoms with Crippen molar-refractivity contribution in [3.05, 3.63) is 212 Å². The summed E-state index contributed by atoms with van der Waals surface area (Å²) in [5.41, 5.74) is 12.0. The first-order chi connectivity index (χ1) is 29.3. The van der Waals surface area contributed by atoms with Crippen LogP contribution in [0.1, 0.15) is 0 Å². The van der Waals surface area contributed by atoms with Crippen LogP contribution in [-0.4, -0.2) is 0 Å². The van der Waals surface area contributed by atoms with Crippen LogP contribution in [0.2, 0.25) is 0 Å². The molecule has 0 bridgehead atoms. The molecule has 0 atom stereocenters. The van der Waals surface area contributed by atoms with Crippen LogP contribution >= 0.6 is 11.3 Å². The van der Waals surface area contributed by atoms with E-state index < -0.39 is 0 Å². The molecule has 0 spiro atoms. The minimum Gasteiger partial charge on any atom is -0.455 e. The van der Waals surface area contributed by atoms with E-state index >= 15 is 0 Å². The Kier molecular flexibility index (Phi) is 7.75. The van der Waals surface area contributed by atoms with Gasteiger partial charge in [0, 0.05) is 42.2 Å². The van der Waals surface area contributed by atoms with Gasteiger partial charge in [-0.2, -0.15) is 0 Å². The number of thiophene rings is 1. The number of para-hydroxylation sites is 1. The summed E-state index contributed by atoms with van der Waals surface area (Å²) in [6.07, 6.45) is 0. The summed E-state index contributed by atoms with van der Waals surface area (Å²) in [6.45, 7) is 0. The second kappa shape index (κ2) is 13.6. The lowest BCUT2D eigenvalue weighted by atomic mass is 9.96. The number of rotatable bonds is 6. The van der Waals surface area contributed by atoms with Crippen LogP contribution < -0.4 is 4.90 Å². The summed E-state index contributed by atoms with van der Waals surface area (Å²) < 4.78 is 9.50. The predicted molar refractivity (Wildman–Crippen MR) is 253 cm³/mol. The molecule has 2 nitrogen and oxygen atoms in total. The van der Waals surface area contributed by atoms with E-state index in [4.69, 9.17) is 4.42 Å². The van der Waals surface area contributed by atoms with E-state index in [1.54, 1.807) is 0 Å². The van der Waals surface area contributed by atoms with Crippen molar-refractivity contribution in [2.24, 2.45) is 0 Å². The van der Waals surface area contributed by atoms with Crippen LogP contribution in [0.4, 0.5) is 17.1 Å². The van der Waals surface area contributed by atoms with Crippen molar-refractivity contribution in [2.45, 2.75) is 0 Å². The lowest BCUT2D eigenvalue weighted by Gasteiger charge is -2.28. The molecule has 0 N–H and O–H groups in total. The van der Waals surface area contributed by atoms with Crippen molar-refractivity contribution < 1.29 is 4.42 Å². The van der Waals surface area contributed by atoms with E-state index in [-0.39, 0.29) is 0 Å². The van der Waals surface area contributed by atoms with Gasteiger partial charge in [0.05, 0.1) is 16.8 Å². The minimum atomic E-state index is 0.868. The molecule has 12 rings (SSSR count). The zero-order chi connectivity index (χ0) is 38.9. The molecular weight excluding hydrogens is 735 g/mol. The molecule has 2 aromatic heterocycles. The van der Waals surface area contributed by atoms with Crippen LogP contribution in [0.5, 0.6) is 0 Å². The van der Waals surface area contributed by atoms with Gasteiger partial charge in [-0.3, -0.25) is 0 Å². The zero-order valence-corrected chi connectivity index (χ0v) is 32.8. The molecule has 2 heterocycles. The summed E-state index contributed by atoms with van der Waals surface area (Å²) >= 11 is 1.86. The smallest absolute Gasteiger partial charge is 0.145 e. The first-order valence-electron chi connectivity index (χ1n) is 20.1. The average molecular weight is 770 g/mol. The van der Waals surface area contributed by atoms with Gasteiger partial charge in [-0.25, -0.2) is 0 Å². The molecule has 0 fully saturated rings. The van der Waals surface area contributed by atoms with Crippen molar-refractivity contribution in [1.29, 1.82) is 0 Å². The highest BCUT2D eigenvalue weighted by atomic mass is 32.1. The van der Waals surface area contributed by atoms with Crippen LogP contribution in [0.15, 0.2) is 217 Å². The first-order valence-corrected chi connectivity index (χ1v) is 20.9. The maximum Gasteiger partial charge on any atom is 0.145 e. The van der Waals surface area contributed by atoms with Crippen LogP contribution in [0.3, 0.4) is 0 Å². The Morgan fingerprint density at radius 2 is 0.983 bits per heavy atom. The zero-order valence-electron chi connectivity index (χ0n) is 32.0. The lowest BCUT2D eigenvalue weighted by Crippen LogP contribution is -2.11. The highest BCUT2D eigenvalue weighted by Gasteiger charge is 2.24. The molecule has 10 aromatic carbocycles. The third kappa shape index (κ3) is 5.47. The molecule has 0 saturated heterocycles. The number of anilines is 3. The third-order valence-corrected chi connectivity index (χ3v) is 13.0. The van der Waals surface area contributed by atoms with Gasteiger partial charge in [0.25, 0.3) is 0 Å². The summed E-state index contributed by atoms with van der Waals surface area (Å²) in [4.78, 5) is 2.44. The molecule has 0 aliphatic rings. The Hall–Kier alpha value is -7.46. The molecule has 0 aliphatic carbocycles. The molecule has 0 amide bonds. The highest BCUT2D eigenvalue weighted by Crippen LogP contribution is 2.49. The van der Waals surface area contributed by atoms with E-state index in [2.05, 4.69) is 217 Å². The molecule has 0 unspecified atom stereocenters. The van der Waals surface area contributed by atoms with E-state index in [1.807, 2.05) is 11.3 Å². The van der Waals surface area contributed by atoms with Gasteiger partial charge >= 0.3 is 0 Å². The molecule has 0 saturated carbocycles. The number of nitrogens with zero attached hydrogens (tertiary/aromatic N) is 1. The van der Waals surface area contributed by atoms with Crippen molar-refractivity contribution in [2.75, 3.05) is 4.90 Å². The quantitative estimate of drug-likeness (QED) is 0.157. The summed E-state index contributed by atoms with van der Waals surface area (Å²) in [5.74, 6) is 0. The minimum absolute atomic E-state index is 0.868. The largest absolute Gasteiger partial charge is 0.455 e. The highest BCUT2D eigenvalue weighted by molar-refractivity contribution is 7.25. The summed E-state index contributed by atoms with van der Waals surface area (Å²) in [7, 11) is 0. The predicted octanol–water partition coefficient (Wildman–Crippen LogP) is 16.7. The van der Waals surface area contributed by atoms with Gasteiger partial charge in [0.15, 0.2) is 0 Å². The van der Waals surface area contributed by atoms with E-state index in [9.17, 15) is 0 Å². The SMILES string of the molecule is c1ccc(-c2ccc(-c3ccc(N(c4ccc(-c5cccc6sc7ccccc7c56)cc4)c4cccc5c4ccc4ccccc45)c4c3oc3ccccc34)cc2)cc1. The maximum absolute atomic E-state index is 6.88. The molecule has 12 aromatic rings. The van der Waals surface area contributed by atoms with E-state index in [0.29, 0.717) is 0 Å². The Morgan fingerprint density at radius 3 is 1.85 bits per heavy atom. The van der Waals surface area contributed by atoms with Crippen molar-refractivity contribution in [3.63, 3.8) is 0 Å². The number of furan rings is 1. The standard InChI is InChI=1S/C56H35NOS/c1-2-12-36(13-3-1)37-24-26-40(27-25-37)44-34-35-50(55-47-16-6-8-21-51(47)58-56(44)55)57(49-20-10-19-45-42-15-5-4-14-38(42)30-33-46(45)49)41-31-28-39(29-32-41)43-18-11-23-53-54(43)48-17-7-9-22-52(48)59-53/h1-35H. The van der Waals surface area contributed by atoms with Gasteiger partial charge < -0.3 is 9.32 Å². The fourth-order valence-corrected chi connectivity index (χ4v) is 10.3. The van der Waals surface area contributed by atoms with E-state index in [0.717, 1.165) is 50.1 Å². The Morgan fingerprint density at radius 1 is 0.339 bits per heavy atom. The number of hydrogen-bond acceptors (Lipinski definition) is 3. The van der Waals surface area contributed by atoms with Gasteiger partial charge in [-0.1, -0.05) is 164 Å². The summed E-state index contributed by atoms with van der Waals surface area (Å²) in [5, 5.41) is 9.68. The Bertz CT molecular complexity index is 3540. The molecule has 3 heteroatoms. The molecular formula is C56H35NOS. The van der Waals surface area contributed by atoms with Crippen LogP contribution in [-0.2, 0) is 0 Å². The number of hydrogen-bond donors (Lipinski definition) is 0. The van der Waals surface area contributed by atoms with Gasteiger partial charge in [-0.15, -0.1) is 11.3 Å². The third-order valence-electron chi connectivity index (χ3n) is 11.9. The normalized spacial score (nSPS) is 11.7. The monoisotopic (exact) mass is 769 g/mol. The first kappa shape index (κ1) is 33.7. The van der Waals surface area contributed by atoms with Gasteiger partial charge in [0.2, 0.25) is 0 Å². The molecule has 0 radical (unpaired) electrons. The average Bonchev–Trinajstić information content (AvgIpc) is 3.89. The van der Waals surface area contributed by atoms with Gasteiger partial charge in [0.1, 0.15) is 11.2 Å². The summed E-state index contributed by atoms with van der Waals surface area (Å²) in [6, 6.07) is 76.9. The Labute approximate surface area is 345 Å².